The van der Waals surface area contributed by atoms with Gasteiger partial charge in [-0.2, -0.15) is 27.0 Å². The fraction of sp³-hybridized carbons (Fsp3) is 0.818. The van der Waals surface area contributed by atoms with Crippen LogP contribution in [0, 0.1) is 5.92 Å². The monoisotopic (exact) mass is 297 g/mol. The molecule has 1 fully saturated rings. The number of carbonyl (C=O) groups excluding carboxylic acids is 1. The van der Waals surface area contributed by atoms with E-state index in [1.807, 2.05) is 6.92 Å². The van der Waals surface area contributed by atoms with Crippen molar-refractivity contribution in [2.45, 2.75) is 45.8 Å². The van der Waals surface area contributed by atoms with E-state index in [1.165, 1.54) is 4.90 Å². The molecule has 0 aromatic carbocycles. The number of amides is 1. The quantitative estimate of drug-likeness (QED) is 0.803. The highest BCUT2D eigenvalue weighted by Crippen LogP contribution is 2.25. The zero-order valence-electron chi connectivity index (χ0n) is 11.2. The van der Waals surface area contributed by atoms with Crippen molar-refractivity contribution in [3.63, 3.8) is 0 Å². The molecule has 7 heteroatoms. The summed E-state index contributed by atoms with van der Waals surface area (Å²) in [5.41, 5.74) is -0.544. The fourth-order valence-electron chi connectivity index (χ4n) is 1.78. The van der Waals surface area contributed by atoms with Crippen molar-refractivity contribution < 1.29 is 19.4 Å². The summed E-state index contributed by atoms with van der Waals surface area (Å²) in [5.74, 6) is -1.32. The molecule has 108 valence electrons. The maximum absolute atomic E-state index is 11.8. The minimum absolute atomic E-state index is 0. The molecule has 1 saturated heterocycles. The van der Waals surface area contributed by atoms with Gasteiger partial charge in [0.15, 0.2) is 0 Å². The second-order valence-corrected chi connectivity index (χ2v) is 5.25. The summed E-state index contributed by atoms with van der Waals surface area (Å²) in [6.45, 7) is 7.46. The molecule has 0 saturated carbocycles. The maximum atomic E-state index is 11.8. The molecule has 1 aliphatic heterocycles. The standard InChI is InChI=1S/C11H19NO4.2H2S/c1-7-5-8(9(13)14)6-12(7)10(15)16-11(2,3)4;;/h7-8H,5-6H2,1-4H3,(H,13,14);2*1H2/t7-,8-;;/m0../s1. The van der Waals surface area contributed by atoms with Crippen LogP contribution in [0.25, 0.3) is 0 Å². The Kier molecular flexibility index (Phi) is 7.84. The molecule has 1 heterocycles. The van der Waals surface area contributed by atoms with Crippen molar-refractivity contribution in [2.24, 2.45) is 5.92 Å². The van der Waals surface area contributed by atoms with Crippen molar-refractivity contribution >= 4 is 39.1 Å². The molecule has 1 amide bonds. The van der Waals surface area contributed by atoms with E-state index in [9.17, 15) is 9.59 Å². The van der Waals surface area contributed by atoms with Crippen LogP contribution in [0.4, 0.5) is 4.79 Å². The van der Waals surface area contributed by atoms with Gasteiger partial charge in [0.2, 0.25) is 0 Å². The Morgan fingerprint density at radius 3 is 2.11 bits per heavy atom. The Labute approximate surface area is 122 Å². The number of nitrogens with zero attached hydrogens (tertiary/aromatic N) is 1. The number of hydrogen-bond donors (Lipinski definition) is 1. The average Bonchev–Trinajstić information content (AvgIpc) is 2.44. The molecule has 0 bridgehead atoms. The third-order valence-corrected chi connectivity index (χ3v) is 2.55. The Morgan fingerprint density at radius 2 is 1.78 bits per heavy atom. The largest absolute Gasteiger partial charge is 0.481 e. The number of aliphatic carboxylic acids is 1. The fourth-order valence-corrected chi connectivity index (χ4v) is 1.78. The van der Waals surface area contributed by atoms with Crippen LogP contribution < -0.4 is 0 Å². The lowest BCUT2D eigenvalue weighted by molar-refractivity contribution is -0.141. The van der Waals surface area contributed by atoms with E-state index < -0.39 is 23.6 Å². The van der Waals surface area contributed by atoms with E-state index in [4.69, 9.17) is 9.84 Å². The van der Waals surface area contributed by atoms with Crippen LogP contribution in [0.1, 0.15) is 34.1 Å². The maximum Gasteiger partial charge on any atom is 0.410 e. The highest BCUT2D eigenvalue weighted by molar-refractivity contribution is 7.59. The number of hydrogen-bond acceptors (Lipinski definition) is 3. The van der Waals surface area contributed by atoms with Crippen LogP contribution >= 0.6 is 27.0 Å². The smallest absolute Gasteiger partial charge is 0.410 e. The number of carbonyl (C=O) groups is 2. The first-order chi connectivity index (χ1) is 7.20. The van der Waals surface area contributed by atoms with Crippen molar-refractivity contribution in [3.8, 4) is 0 Å². The molecule has 1 rings (SSSR count). The molecule has 2 atom stereocenters. The first-order valence-electron chi connectivity index (χ1n) is 5.43. The first-order valence-corrected chi connectivity index (χ1v) is 5.43. The summed E-state index contributed by atoms with van der Waals surface area (Å²) < 4.78 is 5.21. The number of ether oxygens (including phenoxy) is 1. The SMILES string of the molecule is C[C@H]1C[C@H](C(=O)O)CN1C(=O)OC(C)(C)C.S.S. The van der Waals surface area contributed by atoms with Gasteiger partial charge in [-0.25, -0.2) is 4.79 Å². The lowest BCUT2D eigenvalue weighted by Crippen LogP contribution is -2.39. The van der Waals surface area contributed by atoms with E-state index in [2.05, 4.69) is 0 Å². The Hall–Kier alpha value is -0.560. The van der Waals surface area contributed by atoms with E-state index in [1.54, 1.807) is 20.8 Å². The summed E-state index contributed by atoms with van der Waals surface area (Å²) in [5, 5.41) is 8.88. The zero-order valence-corrected chi connectivity index (χ0v) is 13.2. The molecule has 1 aliphatic rings. The van der Waals surface area contributed by atoms with Gasteiger partial charge in [0.1, 0.15) is 5.60 Å². The minimum Gasteiger partial charge on any atom is -0.481 e. The van der Waals surface area contributed by atoms with Crippen molar-refractivity contribution in [3.05, 3.63) is 0 Å². The topological polar surface area (TPSA) is 66.8 Å². The van der Waals surface area contributed by atoms with Gasteiger partial charge in [-0.3, -0.25) is 4.79 Å². The molecule has 1 N–H and O–H groups in total. The Bertz CT molecular complexity index is 304. The van der Waals surface area contributed by atoms with E-state index in [0.717, 1.165) is 0 Å². The van der Waals surface area contributed by atoms with Gasteiger partial charge in [-0.1, -0.05) is 0 Å². The first kappa shape index (κ1) is 19.8. The molecule has 0 aliphatic carbocycles. The van der Waals surface area contributed by atoms with Crippen LogP contribution in [-0.2, 0) is 9.53 Å². The Morgan fingerprint density at radius 1 is 1.28 bits per heavy atom. The summed E-state index contributed by atoms with van der Waals surface area (Å²) in [7, 11) is 0. The molecular formula is C11H23NO4S2. The summed E-state index contributed by atoms with van der Waals surface area (Å²) >= 11 is 0. The zero-order chi connectivity index (χ0) is 12.5. The van der Waals surface area contributed by atoms with Crippen molar-refractivity contribution in [2.75, 3.05) is 6.54 Å². The van der Waals surface area contributed by atoms with Gasteiger partial charge in [0, 0.05) is 12.6 Å². The predicted octanol–water partition coefficient (Wildman–Crippen LogP) is 1.94. The molecule has 0 spiro atoms. The van der Waals surface area contributed by atoms with Gasteiger partial charge >= 0.3 is 12.1 Å². The lowest BCUT2D eigenvalue weighted by Gasteiger charge is -2.26. The van der Waals surface area contributed by atoms with Crippen LogP contribution in [0.2, 0.25) is 0 Å². The number of likely N-dealkylation sites (tertiary alicyclic amines) is 1. The molecule has 0 radical (unpaired) electrons. The molecule has 0 aromatic rings. The van der Waals surface area contributed by atoms with Gasteiger partial charge in [0.05, 0.1) is 5.92 Å². The number of carboxylic acids is 1. The Balaban J connectivity index is 0. The summed E-state index contributed by atoms with van der Waals surface area (Å²) in [6.07, 6.45) is 0.0675. The molecule has 0 aromatic heterocycles. The van der Waals surface area contributed by atoms with E-state index >= 15 is 0 Å². The normalized spacial score (nSPS) is 22.8. The third-order valence-electron chi connectivity index (χ3n) is 2.55. The minimum atomic E-state index is -0.849. The van der Waals surface area contributed by atoms with E-state index in [-0.39, 0.29) is 39.6 Å². The second-order valence-electron chi connectivity index (χ2n) is 5.25. The summed E-state index contributed by atoms with van der Waals surface area (Å²) in [6, 6.07) is -0.0732. The van der Waals surface area contributed by atoms with Crippen LogP contribution in [0.5, 0.6) is 0 Å². The third kappa shape index (κ3) is 5.39. The van der Waals surface area contributed by atoms with Gasteiger partial charge in [-0.05, 0) is 34.1 Å². The average molecular weight is 297 g/mol. The molecular weight excluding hydrogens is 274 g/mol. The highest BCUT2D eigenvalue weighted by atomic mass is 32.1. The van der Waals surface area contributed by atoms with Crippen molar-refractivity contribution in [1.29, 1.82) is 0 Å². The second kappa shape index (κ2) is 7.13. The van der Waals surface area contributed by atoms with Crippen LogP contribution in [0.15, 0.2) is 0 Å². The summed E-state index contributed by atoms with van der Waals surface area (Å²) in [4.78, 5) is 24.1. The molecule has 5 nitrogen and oxygen atoms in total. The van der Waals surface area contributed by atoms with Gasteiger partial charge < -0.3 is 14.7 Å². The van der Waals surface area contributed by atoms with Crippen LogP contribution in [-0.4, -0.2) is 40.3 Å². The highest BCUT2D eigenvalue weighted by Gasteiger charge is 2.38. The number of rotatable bonds is 1. The molecule has 18 heavy (non-hydrogen) atoms. The lowest BCUT2D eigenvalue weighted by atomic mass is 10.1. The van der Waals surface area contributed by atoms with E-state index in [0.29, 0.717) is 6.42 Å². The van der Waals surface area contributed by atoms with Crippen molar-refractivity contribution in [1.82, 2.24) is 4.90 Å². The van der Waals surface area contributed by atoms with Gasteiger partial charge in [-0.15, -0.1) is 0 Å². The number of carboxylic acid groups (broad SMARTS) is 1. The van der Waals surface area contributed by atoms with Crippen LogP contribution in [0.3, 0.4) is 0 Å². The molecule has 0 unspecified atom stereocenters. The predicted molar refractivity (Wildman–Crippen MR) is 78.9 cm³/mol. The van der Waals surface area contributed by atoms with Gasteiger partial charge in [0.25, 0.3) is 0 Å².